The average Bonchev–Trinajstić information content (AvgIpc) is 2.80. The third-order valence-electron chi connectivity index (χ3n) is 2.08. The van der Waals surface area contributed by atoms with E-state index in [0.717, 1.165) is 0 Å². The summed E-state index contributed by atoms with van der Waals surface area (Å²) >= 11 is 0. The van der Waals surface area contributed by atoms with Crippen LogP contribution in [-0.2, 0) is 17.1 Å². The van der Waals surface area contributed by atoms with Gasteiger partial charge in [0.1, 0.15) is 0 Å². The topological polar surface area (TPSA) is 0 Å². The van der Waals surface area contributed by atoms with E-state index in [1.165, 1.54) is 0 Å². The second kappa shape index (κ2) is 6.84. The molecular weight excluding hydrogens is 240 g/mol. The molecule has 2 aromatic rings. The van der Waals surface area contributed by atoms with Crippen molar-refractivity contribution in [2.24, 2.45) is 0 Å². The molecule has 0 N–H and O–H groups in total. The number of rotatable bonds is 1. The van der Waals surface area contributed by atoms with E-state index in [0.29, 0.717) is 0 Å². The molecule has 2 rings (SSSR count). The molecule has 0 fully saturated rings. The van der Waals surface area contributed by atoms with Crippen LogP contribution in [0.1, 0.15) is 0 Å². The predicted molar refractivity (Wildman–Crippen MR) is 67.1 cm³/mol. The van der Waals surface area contributed by atoms with E-state index in [1.807, 2.05) is 30.3 Å². The summed E-state index contributed by atoms with van der Waals surface area (Å²) in [5.74, 6) is 0. The van der Waals surface area contributed by atoms with Crippen molar-refractivity contribution in [1.82, 2.24) is 0 Å². The number of hydrogen-bond acceptors (Lipinski definition) is 0. The Bertz CT molecular complexity index is 297. The van der Waals surface area contributed by atoms with Crippen molar-refractivity contribution in [3.05, 3.63) is 54.6 Å². The quantitative estimate of drug-likeness (QED) is 0.543. The van der Waals surface area contributed by atoms with Gasteiger partial charge < -0.3 is 30.3 Å². The Labute approximate surface area is 105 Å². The van der Waals surface area contributed by atoms with Gasteiger partial charge in [-0.15, -0.1) is 0 Å². The molecule has 0 radical (unpaired) electrons. The smallest absolute Gasteiger partial charge is 0.0147 e. The monoisotopic (exact) mass is 258 g/mol. The fraction of sp³-hybridized carbons (Fsp3) is 0.231. The normalized spacial score (nSPS) is 9.80. The Kier molecular flexibility index (Phi) is 6.58. The van der Waals surface area contributed by atoms with E-state index < -0.39 is 8.07 Å². The Morgan fingerprint density at radius 3 is 1.33 bits per heavy atom. The molecule has 0 amide bonds. The van der Waals surface area contributed by atoms with Crippen molar-refractivity contribution in [3.63, 3.8) is 0 Å². The molecule has 0 heterocycles. The van der Waals surface area contributed by atoms with Crippen LogP contribution in [-0.4, -0.2) is 8.07 Å². The maximum Gasteiger partial charge on any atom is 0.0147 e. The molecule has 15 heavy (non-hydrogen) atoms. The number of hydrogen-bond donors (Lipinski definition) is 0. The zero-order valence-corrected chi connectivity index (χ0v) is 11.7. The van der Waals surface area contributed by atoms with Crippen LogP contribution in [0.4, 0.5) is 0 Å². The summed E-state index contributed by atoms with van der Waals surface area (Å²) in [5, 5.41) is 1.56. The van der Waals surface area contributed by atoms with Crippen molar-refractivity contribution in [2.75, 3.05) is 0 Å². The zero-order valence-electron chi connectivity index (χ0n) is 9.55. The third-order valence-corrected chi connectivity index (χ3v) is 4.15. The van der Waals surface area contributed by atoms with Gasteiger partial charge in [0.25, 0.3) is 0 Å². The first-order valence-corrected chi connectivity index (χ1v) is 8.49. The van der Waals surface area contributed by atoms with Gasteiger partial charge in [-0.3, -0.25) is 0 Å². The van der Waals surface area contributed by atoms with E-state index in [-0.39, 0.29) is 17.1 Å². The maximum absolute atomic E-state index is 2.36. The SMILES string of the molecule is C[Si](C)(C)[c-]1cccc1.[Fe].[cH-]1[cH-][cH-][cH-][cH-]1. The summed E-state index contributed by atoms with van der Waals surface area (Å²) < 4.78 is 0. The minimum atomic E-state index is -0.981. The van der Waals surface area contributed by atoms with E-state index >= 15 is 0 Å². The van der Waals surface area contributed by atoms with E-state index in [1.54, 1.807) is 5.19 Å². The molecule has 0 aliphatic rings. The van der Waals surface area contributed by atoms with Crippen LogP contribution < -0.4 is 5.19 Å². The van der Waals surface area contributed by atoms with Crippen LogP contribution in [0.3, 0.4) is 0 Å². The average molecular weight is 258 g/mol. The van der Waals surface area contributed by atoms with Crippen LogP contribution in [0.2, 0.25) is 19.6 Å². The summed E-state index contributed by atoms with van der Waals surface area (Å²) in [6.45, 7) is 7.09. The largest absolute Gasteiger partial charge is 0.748 e. The van der Waals surface area contributed by atoms with Gasteiger partial charge in [0.05, 0.1) is 0 Å². The van der Waals surface area contributed by atoms with Crippen molar-refractivity contribution >= 4 is 13.3 Å². The second-order valence-corrected chi connectivity index (χ2v) is 9.46. The van der Waals surface area contributed by atoms with Gasteiger partial charge in [0.15, 0.2) is 0 Å². The summed E-state index contributed by atoms with van der Waals surface area (Å²) in [6.07, 6.45) is 0. The van der Waals surface area contributed by atoms with E-state index in [4.69, 9.17) is 0 Å². The van der Waals surface area contributed by atoms with Crippen LogP contribution in [0.5, 0.6) is 0 Å². The van der Waals surface area contributed by atoms with E-state index in [9.17, 15) is 0 Å². The van der Waals surface area contributed by atoms with Gasteiger partial charge in [0.2, 0.25) is 0 Å². The molecule has 0 aliphatic carbocycles. The minimum absolute atomic E-state index is 0. The van der Waals surface area contributed by atoms with Crippen LogP contribution >= 0.6 is 0 Å². The van der Waals surface area contributed by atoms with Gasteiger partial charge in [-0.1, -0.05) is 19.6 Å². The van der Waals surface area contributed by atoms with Gasteiger partial charge in [-0.25, -0.2) is 12.1 Å². The third kappa shape index (κ3) is 5.78. The van der Waals surface area contributed by atoms with Crippen LogP contribution in [0, 0.1) is 0 Å². The summed E-state index contributed by atoms with van der Waals surface area (Å²) in [6, 6.07) is 18.7. The van der Waals surface area contributed by atoms with E-state index in [2.05, 4.69) is 43.9 Å². The molecule has 0 bridgehead atoms. The van der Waals surface area contributed by atoms with Crippen molar-refractivity contribution < 1.29 is 17.1 Å². The molecule has 0 aromatic heterocycles. The Balaban J connectivity index is 0.000000280. The molecule has 2 aromatic carbocycles. The molecule has 0 atom stereocenters. The fourth-order valence-corrected chi connectivity index (χ4v) is 2.39. The molecule has 0 aliphatic heterocycles. The molecule has 2 heteroatoms. The predicted octanol–water partition coefficient (Wildman–Crippen LogP) is 3.35. The first kappa shape index (κ1) is 14.4. The summed E-state index contributed by atoms with van der Waals surface area (Å²) in [7, 11) is -0.981. The first-order valence-electron chi connectivity index (χ1n) is 4.99. The Morgan fingerprint density at radius 1 is 0.800 bits per heavy atom. The van der Waals surface area contributed by atoms with Gasteiger partial charge in [-0.05, 0) is 0 Å². The maximum atomic E-state index is 2.36. The Morgan fingerprint density at radius 2 is 1.13 bits per heavy atom. The van der Waals surface area contributed by atoms with Crippen LogP contribution in [0.25, 0.3) is 0 Å². The molecule has 0 unspecified atom stereocenters. The second-order valence-electron chi connectivity index (χ2n) is 4.39. The van der Waals surface area contributed by atoms with Crippen molar-refractivity contribution in [3.8, 4) is 0 Å². The van der Waals surface area contributed by atoms with Gasteiger partial charge in [0, 0.05) is 25.1 Å². The fourth-order valence-electron chi connectivity index (χ4n) is 1.19. The minimum Gasteiger partial charge on any atom is -0.748 e. The molecule has 0 spiro atoms. The molecule has 0 saturated heterocycles. The molecular formula is C13H18FeSi-6. The molecule has 0 saturated carbocycles. The summed E-state index contributed by atoms with van der Waals surface area (Å²) in [5.41, 5.74) is 0. The molecule has 88 valence electrons. The van der Waals surface area contributed by atoms with Crippen molar-refractivity contribution in [2.45, 2.75) is 19.6 Å². The van der Waals surface area contributed by atoms with Gasteiger partial charge in [-0.2, -0.15) is 17.3 Å². The molecule has 0 nitrogen and oxygen atoms in total. The Hall–Kier alpha value is -0.564. The van der Waals surface area contributed by atoms with Crippen LogP contribution in [0.15, 0.2) is 54.6 Å². The zero-order chi connectivity index (χ0) is 10.4. The van der Waals surface area contributed by atoms with Crippen molar-refractivity contribution in [1.29, 1.82) is 0 Å². The summed E-state index contributed by atoms with van der Waals surface area (Å²) in [4.78, 5) is 0. The standard InChI is InChI=1S/C8H13Si.C5H5.Fe/c1-9(2,3)8-6-4-5-7-8;1-2-4-5-3-1;/h4-7H,1-3H3;1-5H;/q-1;-5;. The van der Waals surface area contributed by atoms with Gasteiger partial charge >= 0.3 is 0 Å². The first-order chi connectivity index (χ1) is 6.61.